The second-order valence-corrected chi connectivity index (χ2v) is 4.23. The van der Waals surface area contributed by atoms with E-state index in [1.165, 1.54) is 6.42 Å². The van der Waals surface area contributed by atoms with Crippen molar-refractivity contribution in [2.45, 2.75) is 40.2 Å². The van der Waals surface area contributed by atoms with E-state index in [1.807, 2.05) is 0 Å². The van der Waals surface area contributed by atoms with Crippen molar-refractivity contribution in [2.24, 2.45) is 29.4 Å². The van der Waals surface area contributed by atoms with Crippen LogP contribution in [0.25, 0.3) is 0 Å². The molecule has 1 nitrogen and oxygen atoms in total. The molecule has 0 aromatic heterocycles. The molecule has 0 aliphatic heterocycles. The summed E-state index contributed by atoms with van der Waals surface area (Å²) in [5.74, 6) is 3.43. The molecule has 0 spiro atoms. The molecular weight excluding hydrogens is 134 g/mol. The molecule has 1 heteroatoms. The van der Waals surface area contributed by atoms with Gasteiger partial charge in [0.25, 0.3) is 0 Å². The van der Waals surface area contributed by atoms with Gasteiger partial charge >= 0.3 is 0 Å². The van der Waals surface area contributed by atoms with Crippen molar-refractivity contribution in [2.75, 3.05) is 0 Å². The van der Waals surface area contributed by atoms with E-state index < -0.39 is 0 Å². The highest BCUT2D eigenvalue weighted by Gasteiger charge is 2.44. The lowest BCUT2D eigenvalue weighted by atomic mass is 9.55. The Labute approximate surface area is 70.4 Å². The van der Waals surface area contributed by atoms with E-state index in [-0.39, 0.29) is 0 Å². The van der Waals surface area contributed by atoms with Crippen LogP contribution in [0.2, 0.25) is 0 Å². The van der Waals surface area contributed by atoms with E-state index in [0.717, 1.165) is 23.7 Å². The van der Waals surface area contributed by atoms with Crippen LogP contribution in [0.3, 0.4) is 0 Å². The Bertz CT molecular complexity index is 131. The van der Waals surface area contributed by atoms with Gasteiger partial charge in [0.05, 0.1) is 0 Å². The first-order valence-electron chi connectivity index (χ1n) is 4.85. The predicted molar refractivity (Wildman–Crippen MR) is 49.2 cm³/mol. The lowest BCUT2D eigenvalue weighted by Gasteiger charge is -2.51. The van der Waals surface area contributed by atoms with Crippen LogP contribution in [0.15, 0.2) is 0 Å². The number of hydrogen-bond donors (Lipinski definition) is 1. The molecule has 2 N–H and O–H groups in total. The Kier molecular flexibility index (Phi) is 2.58. The van der Waals surface area contributed by atoms with Crippen LogP contribution in [0.5, 0.6) is 0 Å². The van der Waals surface area contributed by atoms with Crippen molar-refractivity contribution < 1.29 is 0 Å². The maximum absolute atomic E-state index is 5.92. The first-order valence-corrected chi connectivity index (χ1v) is 4.85. The van der Waals surface area contributed by atoms with Crippen molar-refractivity contribution in [3.8, 4) is 0 Å². The van der Waals surface area contributed by atoms with E-state index in [1.54, 1.807) is 0 Å². The molecule has 66 valence electrons. The molecule has 0 saturated heterocycles. The smallest absolute Gasteiger partial charge is 0.00441 e. The van der Waals surface area contributed by atoms with Crippen molar-refractivity contribution in [3.63, 3.8) is 0 Å². The molecule has 1 aliphatic rings. The zero-order chi connectivity index (χ0) is 8.59. The van der Waals surface area contributed by atoms with E-state index >= 15 is 0 Å². The summed E-state index contributed by atoms with van der Waals surface area (Å²) >= 11 is 0. The fraction of sp³-hybridized carbons (Fsp3) is 1.00. The molecule has 0 aromatic rings. The minimum Gasteiger partial charge on any atom is -0.328 e. The fourth-order valence-corrected chi connectivity index (χ4v) is 2.85. The average Bonchev–Trinajstić information content (AvgIpc) is 1.96. The van der Waals surface area contributed by atoms with Crippen LogP contribution in [0.4, 0.5) is 0 Å². The Morgan fingerprint density at radius 3 is 2.09 bits per heavy atom. The molecule has 0 radical (unpaired) electrons. The number of nitrogens with two attached hydrogens (primary N) is 1. The van der Waals surface area contributed by atoms with Gasteiger partial charge in [-0.15, -0.1) is 0 Å². The van der Waals surface area contributed by atoms with Gasteiger partial charge in [0.15, 0.2) is 0 Å². The van der Waals surface area contributed by atoms with Crippen LogP contribution in [-0.4, -0.2) is 6.04 Å². The molecule has 0 aromatic carbocycles. The van der Waals surface area contributed by atoms with Gasteiger partial charge in [0, 0.05) is 6.04 Å². The first kappa shape index (κ1) is 9.05. The van der Waals surface area contributed by atoms with Crippen LogP contribution >= 0.6 is 0 Å². The zero-order valence-corrected chi connectivity index (χ0v) is 8.17. The molecule has 1 saturated carbocycles. The molecule has 0 heterocycles. The lowest BCUT2D eigenvalue weighted by molar-refractivity contribution is -0.0141. The third-order valence-corrected chi connectivity index (χ3v) is 3.68. The monoisotopic (exact) mass is 155 g/mol. The van der Waals surface area contributed by atoms with E-state index in [2.05, 4.69) is 27.7 Å². The van der Waals surface area contributed by atoms with Crippen molar-refractivity contribution in [1.82, 2.24) is 0 Å². The molecule has 11 heavy (non-hydrogen) atoms. The second kappa shape index (κ2) is 3.14. The highest BCUT2D eigenvalue weighted by molar-refractivity contribution is 4.95. The highest BCUT2D eigenvalue weighted by atomic mass is 14.7. The van der Waals surface area contributed by atoms with E-state index in [0.29, 0.717) is 6.04 Å². The lowest BCUT2D eigenvalue weighted by Crippen LogP contribution is -2.51. The standard InChI is InChI=1S/C10H21N/c1-5-9-6(2)7(3)10(9)8(4)11/h6-10H,5,11H2,1-4H3. The van der Waals surface area contributed by atoms with Gasteiger partial charge in [0.1, 0.15) is 0 Å². The molecule has 1 fully saturated rings. The average molecular weight is 155 g/mol. The summed E-state index contributed by atoms with van der Waals surface area (Å²) in [5, 5.41) is 0. The SMILES string of the molecule is CCC1C(C)C(C)C1C(C)N. The quantitative estimate of drug-likeness (QED) is 0.650. The molecule has 5 atom stereocenters. The predicted octanol–water partition coefficient (Wildman–Crippen LogP) is 2.26. The van der Waals surface area contributed by atoms with Crippen molar-refractivity contribution in [3.05, 3.63) is 0 Å². The summed E-state index contributed by atoms with van der Waals surface area (Å²) in [4.78, 5) is 0. The number of rotatable bonds is 2. The van der Waals surface area contributed by atoms with Crippen LogP contribution in [0.1, 0.15) is 34.1 Å². The maximum Gasteiger partial charge on any atom is 0.00441 e. The fourth-order valence-electron chi connectivity index (χ4n) is 2.85. The molecule has 5 unspecified atom stereocenters. The third-order valence-electron chi connectivity index (χ3n) is 3.68. The van der Waals surface area contributed by atoms with Gasteiger partial charge in [-0.25, -0.2) is 0 Å². The second-order valence-electron chi connectivity index (χ2n) is 4.23. The third kappa shape index (κ3) is 1.31. The Hall–Kier alpha value is -0.0400. The minimum atomic E-state index is 0.395. The van der Waals surface area contributed by atoms with Gasteiger partial charge < -0.3 is 5.73 Å². The molecule has 1 rings (SSSR count). The normalized spacial score (nSPS) is 46.6. The maximum atomic E-state index is 5.92. The van der Waals surface area contributed by atoms with Gasteiger partial charge in [0.2, 0.25) is 0 Å². The largest absolute Gasteiger partial charge is 0.328 e. The van der Waals surface area contributed by atoms with E-state index in [9.17, 15) is 0 Å². The van der Waals surface area contributed by atoms with Crippen LogP contribution in [0, 0.1) is 23.7 Å². The summed E-state index contributed by atoms with van der Waals surface area (Å²) in [7, 11) is 0. The van der Waals surface area contributed by atoms with Crippen molar-refractivity contribution >= 4 is 0 Å². The van der Waals surface area contributed by atoms with Gasteiger partial charge in [-0.05, 0) is 30.6 Å². The molecule has 1 aliphatic carbocycles. The highest BCUT2D eigenvalue weighted by Crippen LogP contribution is 2.48. The van der Waals surface area contributed by atoms with E-state index in [4.69, 9.17) is 5.73 Å². The Balaban J connectivity index is 2.53. The molecule has 0 bridgehead atoms. The summed E-state index contributed by atoms with van der Waals surface area (Å²) in [6.45, 7) is 9.13. The van der Waals surface area contributed by atoms with Crippen LogP contribution in [-0.2, 0) is 0 Å². The zero-order valence-electron chi connectivity index (χ0n) is 8.17. The molecular formula is C10H21N. The minimum absolute atomic E-state index is 0.395. The summed E-state index contributed by atoms with van der Waals surface area (Å²) in [6, 6.07) is 0.395. The van der Waals surface area contributed by atoms with Gasteiger partial charge in [-0.2, -0.15) is 0 Å². The van der Waals surface area contributed by atoms with Gasteiger partial charge in [-0.3, -0.25) is 0 Å². The van der Waals surface area contributed by atoms with Gasteiger partial charge in [-0.1, -0.05) is 27.2 Å². The Morgan fingerprint density at radius 1 is 1.27 bits per heavy atom. The summed E-state index contributed by atoms with van der Waals surface area (Å²) in [5.41, 5.74) is 5.92. The number of hydrogen-bond acceptors (Lipinski definition) is 1. The molecule has 0 amide bonds. The summed E-state index contributed by atoms with van der Waals surface area (Å²) < 4.78 is 0. The van der Waals surface area contributed by atoms with Crippen LogP contribution < -0.4 is 5.73 Å². The van der Waals surface area contributed by atoms with Crippen molar-refractivity contribution in [1.29, 1.82) is 0 Å². The first-order chi connectivity index (χ1) is 5.09. The Morgan fingerprint density at radius 2 is 1.82 bits per heavy atom. The topological polar surface area (TPSA) is 26.0 Å². The summed E-state index contributed by atoms with van der Waals surface area (Å²) in [6.07, 6.45) is 1.30.